The number of carbonyl (C=O) groups is 1. The molecule has 1 aromatic rings. The number of aryl methyl sites for hydroxylation is 1. The van der Waals surface area contributed by atoms with Gasteiger partial charge in [-0.1, -0.05) is 22.9 Å². The third kappa shape index (κ3) is 3.99. The van der Waals surface area contributed by atoms with Gasteiger partial charge in [0.1, 0.15) is 0 Å². The minimum atomic E-state index is -0.263. The van der Waals surface area contributed by atoms with E-state index >= 15 is 0 Å². The highest BCUT2D eigenvalue weighted by molar-refractivity contribution is 9.10. The molecule has 5 heteroatoms. The summed E-state index contributed by atoms with van der Waals surface area (Å²) in [6.45, 7) is 5.39. The van der Waals surface area contributed by atoms with Gasteiger partial charge in [0.2, 0.25) is 5.91 Å². The van der Waals surface area contributed by atoms with Crippen LogP contribution in [-0.4, -0.2) is 40.9 Å². The molecule has 0 aliphatic carbocycles. The summed E-state index contributed by atoms with van der Waals surface area (Å²) >= 11 is 5.03. The van der Waals surface area contributed by atoms with Crippen LogP contribution in [0.2, 0.25) is 0 Å². The summed E-state index contributed by atoms with van der Waals surface area (Å²) in [5.41, 5.74) is 1.18. The van der Waals surface area contributed by atoms with Gasteiger partial charge >= 0.3 is 0 Å². The molecule has 1 aromatic carbocycles. The Balaban J connectivity index is 1.89. The maximum atomic E-state index is 12.2. The van der Waals surface area contributed by atoms with Crippen LogP contribution in [0.1, 0.15) is 18.9 Å². The maximum Gasteiger partial charge on any atom is 0.232 e. The molecule has 1 fully saturated rings. The minimum Gasteiger partial charge on any atom is -0.393 e. The Morgan fingerprint density at radius 1 is 1.55 bits per heavy atom. The number of thioether (sulfide) groups is 1. The molecular formula is C15H20BrNO2S. The van der Waals surface area contributed by atoms with Crippen molar-refractivity contribution in [2.75, 3.05) is 18.8 Å². The largest absolute Gasteiger partial charge is 0.393 e. The normalized spacial score (nSPS) is 22.9. The molecule has 20 heavy (non-hydrogen) atoms. The molecule has 0 aromatic heterocycles. The molecular weight excluding hydrogens is 338 g/mol. The summed E-state index contributed by atoms with van der Waals surface area (Å²) in [6, 6.07) is 6.10. The SMILES string of the molecule is Cc1cc(Br)ccc1SCC(=O)N1CCC(O)C(C)C1. The molecule has 0 saturated carbocycles. The first kappa shape index (κ1) is 15.9. The van der Waals surface area contributed by atoms with Crippen molar-refractivity contribution in [3.8, 4) is 0 Å². The fourth-order valence-electron chi connectivity index (χ4n) is 2.37. The molecule has 1 saturated heterocycles. The number of aliphatic hydroxyl groups excluding tert-OH is 1. The minimum absolute atomic E-state index is 0.163. The number of likely N-dealkylation sites (tertiary alicyclic amines) is 1. The van der Waals surface area contributed by atoms with E-state index in [2.05, 4.69) is 28.9 Å². The Morgan fingerprint density at radius 2 is 2.30 bits per heavy atom. The Bertz CT molecular complexity index is 495. The van der Waals surface area contributed by atoms with Crippen molar-refractivity contribution in [1.82, 2.24) is 4.90 Å². The number of hydrogen-bond donors (Lipinski definition) is 1. The van der Waals surface area contributed by atoms with Crippen LogP contribution in [0.3, 0.4) is 0 Å². The predicted octanol–water partition coefficient (Wildman–Crippen LogP) is 3.08. The highest BCUT2D eigenvalue weighted by atomic mass is 79.9. The molecule has 0 bridgehead atoms. The fraction of sp³-hybridized carbons (Fsp3) is 0.533. The molecule has 0 radical (unpaired) electrons. The summed E-state index contributed by atoms with van der Waals surface area (Å²) in [4.78, 5) is 15.2. The Hall–Kier alpha value is -0.520. The topological polar surface area (TPSA) is 40.5 Å². The van der Waals surface area contributed by atoms with Crippen molar-refractivity contribution in [2.24, 2.45) is 5.92 Å². The van der Waals surface area contributed by atoms with Crippen molar-refractivity contribution in [2.45, 2.75) is 31.3 Å². The van der Waals surface area contributed by atoms with Gasteiger partial charge in [0, 0.05) is 22.5 Å². The van der Waals surface area contributed by atoms with E-state index in [4.69, 9.17) is 0 Å². The zero-order chi connectivity index (χ0) is 14.7. The summed E-state index contributed by atoms with van der Waals surface area (Å²) in [6.07, 6.45) is 0.426. The molecule has 110 valence electrons. The summed E-state index contributed by atoms with van der Waals surface area (Å²) in [7, 11) is 0. The number of rotatable bonds is 3. The predicted molar refractivity (Wildman–Crippen MR) is 86.0 cm³/mol. The highest BCUT2D eigenvalue weighted by Crippen LogP contribution is 2.26. The van der Waals surface area contributed by atoms with Crippen molar-refractivity contribution in [1.29, 1.82) is 0 Å². The molecule has 1 N–H and O–H groups in total. The number of benzene rings is 1. The van der Waals surface area contributed by atoms with Crippen LogP contribution in [0.15, 0.2) is 27.6 Å². The second kappa shape index (κ2) is 6.96. The van der Waals surface area contributed by atoms with Crippen molar-refractivity contribution < 1.29 is 9.90 Å². The number of piperidine rings is 1. The lowest BCUT2D eigenvalue weighted by Gasteiger charge is -2.34. The smallest absolute Gasteiger partial charge is 0.232 e. The Morgan fingerprint density at radius 3 is 2.95 bits per heavy atom. The van der Waals surface area contributed by atoms with Gasteiger partial charge in [-0.05, 0) is 43.0 Å². The number of halogens is 1. The van der Waals surface area contributed by atoms with Gasteiger partial charge in [-0.15, -0.1) is 11.8 Å². The van der Waals surface area contributed by atoms with Crippen molar-refractivity contribution in [3.63, 3.8) is 0 Å². The van der Waals surface area contributed by atoms with E-state index in [-0.39, 0.29) is 17.9 Å². The van der Waals surface area contributed by atoms with Gasteiger partial charge in [-0.3, -0.25) is 4.79 Å². The number of aliphatic hydroxyl groups is 1. The molecule has 3 nitrogen and oxygen atoms in total. The average Bonchev–Trinajstić information content (AvgIpc) is 2.40. The van der Waals surface area contributed by atoms with Crippen LogP contribution in [0.5, 0.6) is 0 Å². The van der Waals surface area contributed by atoms with Gasteiger partial charge in [0.05, 0.1) is 11.9 Å². The van der Waals surface area contributed by atoms with Gasteiger partial charge in [0.25, 0.3) is 0 Å². The van der Waals surface area contributed by atoms with Crippen LogP contribution in [0.4, 0.5) is 0 Å². The van der Waals surface area contributed by atoms with E-state index in [0.717, 1.165) is 9.37 Å². The second-order valence-corrected chi connectivity index (χ2v) is 7.30. The second-order valence-electron chi connectivity index (χ2n) is 5.37. The Labute approximate surface area is 132 Å². The first-order valence-electron chi connectivity index (χ1n) is 6.82. The average molecular weight is 358 g/mol. The third-order valence-electron chi connectivity index (χ3n) is 3.70. The molecule has 1 heterocycles. The van der Waals surface area contributed by atoms with E-state index < -0.39 is 0 Å². The van der Waals surface area contributed by atoms with E-state index in [0.29, 0.717) is 25.3 Å². The quantitative estimate of drug-likeness (QED) is 0.845. The standard InChI is InChI=1S/C15H20BrNO2S/c1-10-7-12(16)3-4-14(10)20-9-15(19)17-6-5-13(18)11(2)8-17/h3-4,7,11,13,18H,5-6,8-9H2,1-2H3. The zero-order valence-corrected chi connectivity index (χ0v) is 14.2. The van der Waals surface area contributed by atoms with Gasteiger partial charge in [-0.2, -0.15) is 0 Å². The molecule has 2 atom stereocenters. The maximum absolute atomic E-state index is 12.2. The third-order valence-corrected chi connectivity index (χ3v) is 5.35. The number of hydrogen-bond acceptors (Lipinski definition) is 3. The summed E-state index contributed by atoms with van der Waals surface area (Å²) < 4.78 is 1.06. The van der Waals surface area contributed by atoms with E-state index in [1.54, 1.807) is 11.8 Å². The number of carbonyl (C=O) groups excluding carboxylic acids is 1. The molecule has 2 unspecified atom stereocenters. The van der Waals surface area contributed by atoms with Crippen LogP contribution < -0.4 is 0 Å². The summed E-state index contributed by atoms with van der Waals surface area (Å²) in [5, 5.41) is 9.70. The molecule has 0 spiro atoms. The van der Waals surface area contributed by atoms with Gasteiger partial charge in [-0.25, -0.2) is 0 Å². The van der Waals surface area contributed by atoms with Crippen LogP contribution in [0, 0.1) is 12.8 Å². The number of amides is 1. The van der Waals surface area contributed by atoms with Crippen LogP contribution in [0.25, 0.3) is 0 Å². The summed E-state index contributed by atoms with van der Waals surface area (Å²) in [5.74, 6) is 0.800. The lowest BCUT2D eigenvalue weighted by Crippen LogP contribution is -2.45. The molecule has 1 aliphatic rings. The molecule has 1 aliphatic heterocycles. The number of nitrogens with zero attached hydrogens (tertiary/aromatic N) is 1. The molecule has 2 rings (SSSR count). The van der Waals surface area contributed by atoms with E-state index in [1.165, 1.54) is 5.56 Å². The molecule has 1 amide bonds. The zero-order valence-electron chi connectivity index (χ0n) is 11.8. The monoisotopic (exact) mass is 357 g/mol. The van der Waals surface area contributed by atoms with E-state index in [1.807, 2.05) is 24.0 Å². The highest BCUT2D eigenvalue weighted by Gasteiger charge is 2.26. The van der Waals surface area contributed by atoms with Crippen LogP contribution >= 0.6 is 27.7 Å². The van der Waals surface area contributed by atoms with Crippen molar-refractivity contribution in [3.05, 3.63) is 28.2 Å². The Kier molecular flexibility index (Phi) is 5.52. The lowest BCUT2D eigenvalue weighted by atomic mass is 9.97. The lowest BCUT2D eigenvalue weighted by molar-refractivity contribution is -0.131. The van der Waals surface area contributed by atoms with Gasteiger partial charge < -0.3 is 10.0 Å². The van der Waals surface area contributed by atoms with Gasteiger partial charge in [0.15, 0.2) is 0 Å². The first-order valence-corrected chi connectivity index (χ1v) is 8.60. The fourth-order valence-corrected chi connectivity index (χ4v) is 3.75. The van der Waals surface area contributed by atoms with Crippen molar-refractivity contribution >= 4 is 33.6 Å². The first-order chi connectivity index (χ1) is 9.47. The van der Waals surface area contributed by atoms with Crippen LogP contribution in [-0.2, 0) is 4.79 Å². The van der Waals surface area contributed by atoms with E-state index in [9.17, 15) is 9.90 Å².